The summed E-state index contributed by atoms with van der Waals surface area (Å²) >= 11 is 0. The Morgan fingerprint density at radius 3 is 2.44 bits per heavy atom. The van der Waals surface area contributed by atoms with Crippen molar-refractivity contribution in [3.63, 3.8) is 0 Å². The molecular formula is C14H20N2. The fourth-order valence-corrected chi connectivity index (χ4v) is 3.13. The van der Waals surface area contributed by atoms with Crippen molar-refractivity contribution in [1.29, 1.82) is 0 Å². The third-order valence-corrected chi connectivity index (χ3v) is 4.39. The van der Waals surface area contributed by atoms with Gasteiger partial charge in [-0.3, -0.25) is 4.90 Å². The summed E-state index contributed by atoms with van der Waals surface area (Å²) in [7, 11) is 0. The summed E-state index contributed by atoms with van der Waals surface area (Å²) in [5.41, 5.74) is 8.30. The van der Waals surface area contributed by atoms with Gasteiger partial charge in [0, 0.05) is 30.6 Å². The van der Waals surface area contributed by atoms with Gasteiger partial charge in [-0.05, 0) is 25.3 Å². The largest absolute Gasteiger partial charge is 0.324 e. The molecule has 86 valence electrons. The van der Waals surface area contributed by atoms with Crippen LogP contribution in [-0.2, 0) is 6.54 Å². The predicted octanol–water partition coefficient (Wildman–Crippen LogP) is 2.00. The van der Waals surface area contributed by atoms with Crippen molar-refractivity contribution >= 4 is 0 Å². The minimum atomic E-state index is 0.0295. The Hall–Kier alpha value is -0.860. The molecule has 0 aromatic heterocycles. The minimum absolute atomic E-state index is 0.0295. The molecule has 1 heterocycles. The highest BCUT2D eigenvalue weighted by atomic mass is 15.2. The van der Waals surface area contributed by atoms with E-state index in [9.17, 15) is 0 Å². The van der Waals surface area contributed by atoms with E-state index < -0.39 is 0 Å². The van der Waals surface area contributed by atoms with Crippen molar-refractivity contribution in [2.45, 2.75) is 31.8 Å². The molecule has 1 aromatic rings. The normalized spacial score (nSPS) is 32.1. The van der Waals surface area contributed by atoms with Crippen LogP contribution < -0.4 is 5.73 Å². The molecule has 2 heteroatoms. The van der Waals surface area contributed by atoms with Crippen molar-refractivity contribution < 1.29 is 0 Å². The first-order valence-corrected chi connectivity index (χ1v) is 6.17. The Balaban J connectivity index is 1.71. The van der Waals surface area contributed by atoms with E-state index >= 15 is 0 Å². The zero-order chi connectivity index (χ0) is 11.2. The average Bonchev–Trinajstić information content (AvgIpc) is 2.95. The zero-order valence-corrected chi connectivity index (χ0v) is 9.95. The smallest absolute Gasteiger partial charge is 0.0324 e. The lowest BCUT2D eigenvalue weighted by molar-refractivity contribution is 0.309. The number of nitrogens with two attached hydrogens (primary N) is 1. The van der Waals surface area contributed by atoms with Gasteiger partial charge in [0.2, 0.25) is 0 Å². The predicted molar refractivity (Wildman–Crippen MR) is 66.0 cm³/mol. The average molecular weight is 216 g/mol. The van der Waals surface area contributed by atoms with E-state index in [1.54, 1.807) is 0 Å². The summed E-state index contributed by atoms with van der Waals surface area (Å²) in [5.74, 6) is 0. The standard InChI is InChI=1S/C14H20N2/c1-13(15)10-16(11-14(13)7-8-14)9-12-5-3-2-4-6-12/h2-6H,7-11,15H2,1H3. The Kier molecular flexibility index (Phi) is 2.13. The highest BCUT2D eigenvalue weighted by Crippen LogP contribution is 2.57. The van der Waals surface area contributed by atoms with E-state index in [0.29, 0.717) is 5.41 Å². The van der Waals surface area contributed by atoms with Crippen LogP contribution in [0.4, 0.5) is 0 Å². The molecule has 1 saturated carbocycles. The molecule has 0 amide bonds. The fraction of sp³-hybridized carbons (Fsp3) is 0.571. The molecule has 3 rings (SSSR count). The van der Waals surface area contributed by atoms with E-state index in [1.807, 2.05) is 0 Å². The van der Waals surface area contributed by atoms with Crippen LogP contribution >= 0.6 is 0 Å². The van der Waals surface area contributed by atoms with Crippen LogP contribution in [0.3, 0.4) is 0 Å². The summed E-state index contributed by atoms with van der Waals surface area (Å²) in [6, 6.07) is 10.7. The van der Waals surface area contributed by atoms with Crippen LogP contribution in [0.15, 0.2) is 30.3 Å². The number of hydrogen-bond acceptors (Lipinski definition) is 2. The molecule has 1 atom stereocenters. The van der Waals surface area contributed by atoms with Gasteiger partial charge in [0.25, 0.3) is 0 Å². The lowest BCUT2D eigenvalue weighted by atomic mass is 9.87. The van der Waals surface area contributed by atoms with E-state index in [-0.39, 0.29) is 5.54 Å². The quantitative estimate of drug-likeness (QED) is 0.819. The Morgan fingerprint density at radius 1 is 1.19 bits per heavy atom. The van der Waals surface area contributed by atoms with Crippen molar-refractivity contribution in [3.8, 4) is 0 Å². The molecular weight excluding hydrogens is 196 g/mol. The van der Waals surface area contributed by atoms with Crippen LogP contribution in [0.1, 0.15) is 25.3 Å². The molecule has 1 aliphatic carbocycles. The molecule has 1 aliphatic heterocycles. The van der Waals surface area contributed by atoms with Gasteiger partial charge in [-0.25, -0.2) is 0 Å². The molecule has 0 bridgehead atoms. The summed E-state index contributed by atoms with van der Waals surface area (Å²) in [5, 5.41) is 0. The van der Waals surface area contributed by atoms with Crippen molar-refractivity contribution in [2.75, 3.05) is 13.1 Å². The highest BCUT2D eigenvalue weighted by Gasteiger charge is 2.59. The molecule has 1 aromatic carbocycles. The monoisotopic (exact) mass is 216 g/mol. The van der Waals surface area contributed by atoms with Crippen LogP contribution in [0.2, 0.25) is 0 Å². The maximum absolute atomic E-state index is 6.42. The molecule has 1 spiro atoms. The molecule has 1 unspecified atom stereocenters. The summed E-state index contributed by atoms with van der Waals surface area (Å²) in [4.78, 5) is 2.52. The molecule has 2 nitrogen and oxygen atoms in total. The van der Waals surface area contributed by atoms with Crippen LogP contribution in [0, 0.1) is 5.41 Å². The third-order valence-electron chi connectivity index (χ3n) is 4.39. The molecule has 16 heavy (non-hydrogen) atoms. The van der Waals surface area contributed by atoms with Crippen LogP contribution in [0.5, 0.6) is 0 Å². The van der Waals surface area contributed by atoms with Gasteiger partial charge in [0.15, 0.2) is 0 Å². The third kappa shape index (κ3) is 1.57. The summed E-state index contributed by atoms with van der Waals surface area (Å²) in [6.45, 7) is 5.51. The van der Waals surface area contributed by atoms with Gasteiger partial charge in [-0.2, -0.15) is 0 Å². The van der Waals surface area contributed by atoms with Gasteiger partial charge >= 0.3 is 0 Å². The van der Waals surface area contributed by atoms with Crippen molar-refractivity contribution in [3.05, 3.63) is 35.9 Å². The Bertz CT molecular complexity index is 373. The number of hydrogen-bond donors (Lipinski definition) is 1. The number of nitrogens with zero attached hydrogens (tertiary/aromatic N) is 1. The van der Waals surface area contributed by atoms with Crippen molar-refractivity contribution in [2.24, 2.45) is 11.1 Å². The minimum Gasteiger partial charge on any atom is -0.324 e. The van der Waals surface area contributed by atoms with Gasteiger partial charge < -0.3 is 5.73 Å². The maximum atomic E-state index is 6.42. The first kappa shape index (κ1) is 10.3. The van der Waals surface area contributed by atoms with Gasteiger partial charge in [0.05, 0.1) is 0 Å². The van der Waals surface area contributed by atoms with Crippen LogP contribution in [-0.4, -0.2) is 23.5 Å². The number of rotatable bonds is 2. The Labute approximate surface area is 97.4 Å². The number of likely N-dealkylation sites (tertiary alicyclic amines) is 1. The van der Waals surface area contributed by atoms with Crippen LogP contribution in [0.25, 0.3) is 0 Å². The second kappa shape index (κ2) is 3.31. The molecule has 2 aliphatic rings. The lowest BCUT2D eigenvalue weighted by Crippen LogP contribution is -2.45. The second-order valence-electron chi connectivity index (χ2n) is 5.83. The Morgan fingerprint density at radius 2 is 1.88 bits per heavy atom. The van der Waals surface area contributed by atoms with Gasteiger partial charge in [-0.15, -0.1) is 0 Å². The second-order valence-corrected chi connectivity index (χ2v) is 5.83. The van der Waals surface area contributed by atoms with Gasteiger partial charge in [-0.1, -0.05) is 30.3 Å². The summed E-state index contributed by atoms with van der Waals surface area (Å²) < 4.78 is 0. The lowest BCUT2D eigenvalue weighted by Gasteiger charge is -2.25. The SMILES string of the molecule is CC1(N)CN(Cc2ccccc2)CC12CC2. The van der Waals surface area contributed by atoms with E-state index in [1.165, 1.54) is 24.9 Å². The van der Waals surface area contributed by atoms with Crippen molar-refractivity contribution in [1.82, 2.24) is 4.90 Å². The topological polar surface area (TPSA) is 29.3 Å². The maximum Gasteiger partial charge on any atom is 0.0324 e. The molecule has 0 radical (unpaired) electrons. The van der Waals surface area contributed by atoms with E-state index in [2.05, 4.69) is 42.2 Å². The first-order chi connectivity index (χ1) is 7.61. The molecule has 2 N–H and O–H groups in total. The molecule has 2 fully saturated rings. The first-order valence-electron chi connectivity index (χ1n) is 6.17. The van der Waals surface area contributed by atoms with Gasteiger partial charge in [0.1, 0.15) is 0 Å². The van der Waals surface area contributed by atoms with E-state index in [0.717, 1.165) is 13.1 Å². The highest BCUT2D eigenvalue weighted by molar-refractivity contribution is 5.19. The zero-order valence-electron chi connectivity index (χ0n) is 9.95. The number of benzene rings is 1. The van der Waals surface area contributed by atoms with E-state index in [4.69, 9.17) is 5.73 Å². The fourth-order valence-electron chi connectivity index (χ4n) is 3.13. The molecule has 1 saturated heterocycles. The summed E-state index contributed by atoms with van der Waals surface area (Å²) in [6.07, 6.45) is 2.65.